The van der Waals surface area contributed by atoms with Crippen LogP contribution in [-0.2, 0) is 9.53 Å². The van der Waals surface area contributed by atoms with Crippen molar-refractivity contribution < 1.29 is 14.6 Å². The molecule has 0 aromatic heterocycles. The van der Waals surface area contributed by atoms with Crippen LogP contribution in [0.3, 0.4) is 0 Å². The summed E-state index contributed by atoms with van der Waals surface area (Å²) in [5, 5.41) is 9.56. The van der Waals surface area contributed by atoms with E-state index in [4.69, 9.17) is 4.74 Å². The molecule has 3 nitrogen and oxygen atoms in total. The van der Waals surface area contributed by atoms with E-state index in [0.29, 0.717) is 6.42 Å². The van der Waals surface area contributed by atoms with Gasteiger partial charge in [0, 0.05) is 6.42 Å². The maximum Gasteiger partial charge on any atom is 0.311 e. The first kappa shape index (κ1) is 16.2. The van der Waals surface area contributed by atoms with Gasteiger partial charge in [0.05, 0.1) is 0 Å². The average Bonchev–Trinajstić information content (AvgIpc) is 2.26. The lowest BCUT2D eigenvalue weighted by atomic mass is 9.87. The van der Waals surface area contributed by atoms with Crippen molar-refractivity contribution in [1.82, 2.24) is 0 Å². The fraction of sp³-hybridized carbons (Fsp3) is 0.400. The molecule has 0 radical (unpaired) electrons. The van der Waals surface area contributed by atoms with Crippen molar-refractivity contribution >= 4 is 5.97 Å². The molecule has 0 rings (SSSR count). The van der Waals surface area contributed by atoms with Gasteiger partial charge in [-0.1, -0.05) is 33.1 Å². The van der Waals surface area contributed by atoms with Crippen molar-refractivity contribution in [3.05, 3.63) is 49.0 Å². The van der Waals surface area contributed by atoms with E-state index in [2.05, 4.69) is 13.2 Å². The Labute approximate surface area is 109 Å². The summed E-state index contributed by atoms with van der Waals surface area (Å²) in [7, 11) is 0. The lowest BCUT2D eigenvalue weighted by Gasteiger charge is -2.19. The number of esters is 1. The molecule has 0 aliphatic heterocycles. The maximum absolute atomic E-state index is 11.4. The molecule has 0 heterocycles. The van der Waals surface area contributed by atoms with Gasteiger partial charge < -0.3 is 9.84 Å². The van der Waals surface area contributed by atoms with Gasteiger partial charge in [0.15, 0.2) is 0 Å². The number of aliphatic hydroxyl groups is 1. The van der Waals surface area contributed by atoms with Gasteiger partial charge in [-0.25, -0.2) is 0 Å². The number of ether oxygens (including phenoxy) is 1. The van der Waals surface area contributed by atoms with Crippen LogP contribution in [0.2, 0.25) is 0 Å². The smallest absolute Gasteiger partial charge is 0.311 e. The number of allylic oxidation sites excluding steroid dienone is 4. The van der Waals surface area contributed by atoms with Gasteiger partial charge in [0.2, 0.25) is 0 Å². The van der Waals surface area contributed by atoms with E-state index < -0.39 is 0 Å². The van der Waals surface area contributed by atoms with Gasteiger partial charge >= 0.3 is 5.97 Å². The minimum Gasteiger partial charge on any atom is -0.508 e. The SMILES string of the molecule is C=CC(=C)OC(=O)CCC(C)(C)/C=C(O)\C=C/C. The Morgan fingerprint density at radius 1 is 1.44 bits per heavy atom. The van der Waals surface area contributed by atoms with Crippen LogP contribution in [0.25, 0.3) is 0 Å². The summed E-state index contributed by atoms with van der Waals surface area (Å²) in [5.41, 5.74) is -0.280. The summed E-state index contributed by atoms with van der Waals surface area (Å²) in [6.45, 7) is 12.7. The molecule has 0 saturated carbocycles. The van der Waals surface area contributed by atoms with Crippen LogP contribution in [0.5, 0.6) is 0 Å². The Bertz CT molecular complexity index is 373. The zero-order valence-electron chi connectivity index (χ0n) is 11.4. The molecule has 100 valence electrons. The summed E-state index contributed by atoms with van der Waals surface area (Å²) < 4.78 is 4.90. The van der Waals surface area contributed by atoms with Crippen LogP contribution >= 0.6 is 0 Å². The van der Waals surface area contributed by atoms with Crippen LogP contribution in [0.4, 0.5) is 0 Å². The molecular formula is C15H22O3. The van der Waals surface area contributed by atoms with E-state index in [0.717, 1.165) is 0 Å². The standard InChI is InChI=1S/C15H22O3/c1-6-8-13(16)11-15(4,5)10-9-14(17)18-12(3)7-2/h6-8,11,16H,2-3,9-10H2,1,4-5H3/b8-6-,13-11+. The maximum atomic E-state index is 11.4. The van der Waals surface area contributed by atoms with Gasteiger partial charge in [-0.3, -0.25) is 4.79 Å². The number of hydrogen-bond donors (Lipinski definition) is 1. The molecule has 0 spiro atoms. The minimum absolute atomic E-state index is 0.200. The fourth-order valence-corrected chi connectivity index (χ4v) is 1.35. The van der Waals surface area contributed by atoms with Crippen LogP contribution < -0.4 is 0 Å². The molecule has 3 heteroatoms. The number of hydrogen-bond acceptors (Lipinski definition) is 3. The van der Waals surface area contributed by atoms with Gasteiger partial charge in [0.25, 0.3) is 0 Å². The van der Waals surface area contributed by atoms with Gasteiger partial charge in [-0.15, -0.1) is 0 Å². The Morgan fingerprint density at radius 2 is 2.06 bits per heavy atom. The topological polar surface area (TPSA) is 46.5 Å². The third kappa shape index (κ3) is 7.49. The highest BCUT2D eigenvalue weighted by atomic mass is 16.5. The van der Waals surface area contributed by atoms with E-state index in [9.17, 15) is 9.90 Å². The first-order valence-electron chi connectivity index (χ1n) is 5.87. The van der Waals surface area contributed by atoms with Crippen LogP contribution in [0, 0.1) is 5.41 Å². The van der Waals surface area contributed by atoms with Crippen LogP contribution in [0.15, 0.2) is 49.0 Å². The molecular weight excluding hydrogens is 228 g/mol. The quantitative estimate of drug-likeness (QED) is 0.421. The molecule has 0 atom stereocenters. The molecule has 0 bridgehead atoms. The summed E-state index contributed by atoms with van der Waals surface area (Å²) >= 11 is 0. The predicted molar refractivity (Wildman–Crippen MR) is 74.0 cm³/mol. The second-order valence-corrected chi connectivity index (χ2v) is 4.70. The van der Waals surface area contributed by atoms with Crippen molar-refractivity contribution in [2.24, 2.45) is 5.41 Å². The third-order valence-corrected chi connectivity index (χ3v) is 2.32. The molecule has 0 aliphatic rings. The highest BCUT2D eigenvalue weighted by molar-refractivity contribution is 5.70. The molecule has 1 N–H and O–H groups in total. The molecule has 0 amide bonds. The number of aliphatic hydroxyl groups excluding tert-OH is 1. The van der Waals surface area contributed by atoms with E-state index >= 15 is 0 Å². The summed E-state index contributed by atoms with van der Waals surface area (Å²) in [4.78, 5) is 11.4. The molecule has 18 heavy (non-hydrogen) atoms. The zero-order valence-corrected chi connectivity index (χ0v) is 11.4. The van der Waals surface area contributed by atoms with Gasteiger partial charge in [-0.05, 0) is 37.0 Å². The number of rotatable bonds is 7. The Hall–Kier alpha value is -1.77. The first-order valence-corrected chi connectivity index (χ1v) is 5.87. The van der Waals surface area contributed by atoms with E-state index in [1.807, 2.05) is 20.8 Å². The molecule has 0 aromatic carbocycles. The Kier molecular flexibility index (Phi) is 6.79. The van der Waals surface area contributed by atoms with Crippen molar-refractivity contribution in [3.63, 3.8) is 0 Å². The molecule has 0 saturated heterocycles. The fourth-order valence-electron chi connectivity index (χ4n) is 1.35. The molecule has 0 aliphatic carbocycles. The zero-order chi connectivity index (χ0) is 14.2. The van der Waals surface area contributed by atoms with Gasteiger partial charge in [-0.2, -0.15) is 0 Å². The van der Waals surface area contributed by atoms with Crippen LogP contribution in [0.1, 0.15) is 33.6 Å². The normalized spacial score (nSPS) is 12.5. The highest BCUT2D eigenvalue weighted by Gasteiger charge is 2.18. The predicted octanol–water partition coefficient (Wildman–Crippen LogP) is 4.05. The Morgan fingerprint density at radius 3 is 2.56 bits per heavy atom. The average molecular weight is 250 g/mol. The van der Waals surface area contributed by atoms with E-state index in [-0.39, 0.29) is 29.3 Å². The van der Waals surface area contributed by atoms with Crippen molar-refractivity contribution in [3.8, 4) is 0 Å². The van der Waals surface area contributed by atoms with Crippen molar-refractivity contribution in [1.29, 1.82) is 0 Å². The van der Waals surface area contributed by atoms with E-state index in [1.54, 1.807) is 18.2 Å². The number of carbonyl (C=O) groups excluding carboxylic acids is 1. The minimum atomic E-state index is -0.341. The lowest BCUT2D eigenvalue weighted by molar-refractivity contribution is -0.139. The Balaban J connectivity index is 4.34. The van der Waals surface area contributed by atoms with Crippen LogP contribution in [-0.4, -0.2) is 11.1 Å². The second-order valence-electron chi connectivity index (χ2n) is 4.70. The summed E-state index contributed by atoms with van der Waals surface area (Å²) in [6, 6.07) is 0. The number of carbonyl (C=O) groups is 1. The highest BCUT2D eigenvalue weighted by Crippen LogP contribution is 2.26. The second kappa shape index (κ2) is 7.54. The van der Waals surface area contributed by atoms with Gasteiger partial charge in [0.1, 0.15) is 11.5 Å². The largest absolute Gasteiger partial charge is 0.508 e. The molecule has 0 aromatic rings. The summed E-state index contributed by atoms with van der Waals surface area (Å²) in [6.07, 6.45) is 7.32. The third-order valence-electron chi connectivity index (χ3n) is 2.32. The monoisotopic (exact) mass is 250 g/mol. The summed E-state index contributed by atoms with van der Waals surface area (Å²) in [5.74, 6) is 0.114. The molecule has 0 fully saturated rings. The molecule has 0 unspecified atom stereocenters. The van der Waals surface area contributed by atoms with Crippen molar-refractivity contribution in [2.45, 2.75) is 33.6 Å². The lowest BCUT2D eigenvalue weighted by Crippen LogP contribution is -2.13. The first-order chi connectivity index (χ1) is 8.30. The van der Waals surface area contributed by atoms with Crippen molar-refractivity contribution in [2.75, 3.05) is 0 Å². The van der Waals surface area contributed by atoms with E-state index in [1.165, 1.54) is 6.08 Å².